The van der Waals surface area contributed by atoms with Crippen molar-refractivity contribution in [2.75, 3.05) is 29.6 Å². The van der Waals surface area contributed by atoms with Crippen LogP contribution in [-0.4, -0.2) is 36.2 Å². The summed E-state index contributed by atoms with van der Waals surface area (Å²) in [6.45, 7) is 0.678. The van der Waals surface area contributed by atoms with Crippen LogP contribution in [0.15, 0.2) is 66.7 Å². The number of amides is 3. The Hall–Kier alpha value is -3.67. The van der Waals surface area contributed by atoms with Gasteiger partial charge in [-0.1, -0.05) is 29.8 Å². The van der Waals surface area contributed by atoms with Crippen molar-refractivity contribution < 1.29 is 14.3 Å². The van der Waals surface area contributed by atoms with E-state index in [0.717, 1.165) is 5.56 Å². The quantitative estimate of drug-likeness (QED) is 0.527. The van der Waals surface area contributed by atoms with Crippen LogP contribution < -0.4 is 15.0 Å². The Morgan fingerprint density at radius 1 is 1.20 bits per heavy atom. The number of thioether (sulfide) groups is 1. The van der Waals surface area contributed by atoms with Gasteiger partial charge in [0.25, 0.3) is 5.91 Å². The van der Waals surface area contributed by atoms with Crippen LogP contribution in [0, 0.1) is 11.3 Å². The Kier molecular flexibility index (Phi) is 6.05. The standard InChI is InChI=1S/C26H21ClN4O3S/c1-34-21-8-9-23-22(14-21)26(24(32)30(23)16-18-5-2-4-17(12-18)15-28)31(10-11-35-26)25(33)29-20-7-3-6-19(27)13-20/h2-9,12-14H,10-11,16H2,1H3,(H,29,33). The highest BCUT2D eigenvalue weighted by molar-refractivity contribution is 8.01. The van der Waals surface area contributed by atoms with Gasteiger partial charge in [-0.3, -0.25) is 9.69 Å². The van der Waals surface area contributed by atoms with Crippen molar-refractivity contribution in [3.63, 3.8) is 0 Å². The fourth-order valence-electron chi connectivity index (χ4n) is 4.56. The van der Waals surface area contributed by atoms with Crippen LogP contribution >= 0.6 is 23.4 Å². The molecule has 1 spiro atoms. The maximum Gasteiger partial charge on any atom is 0.323 e. The van der Waals surface area contributed by atoms with Crippen molar-refractivity contribution in [3.8, 4) is 11.8 Å². The lowest BCUT2D eigenvalue weighted by molar-refractivity contribution is -0.123. The molecular formula is C26H21ClN4O3S. The number of carbonyl (C=O) groups excluding carboxylic acids is 2. The Morgan fingerprint density at radius 3 is 2.80 bits per heavy atom. The first kappa shape index (κ1) is 23.1. The molecule has 3 aromatic rings. The summed E-state index contributed by atoms with van der Waals surface area (Å²) in [4.78, 5) is 29.6. The number of hydrogen-bond donors (Lipinski definition) is 1. The number of rotatable bonds is 4. The molecule has 2 heterocycles. The molecule has 7 nitrogen and oxygen atoms in total. The summed E-state index contributed by atoms with van der Waals surface area (Å²) in [7, 11) is 1.57. The van der Waals surface area contributed by atoms with Gasteiger partial charge in [0.15, 0.2) is 4.87 Å². The maximum atomic E-state index is 14.1. The van der Waals surface area contributed by atoms with Crippen molar-refractivity contribution in [2.45, 2.75) is 11.4 Å². The molecule has 0 radical (unpaired) electrons. The van der Waals surface area contributed by atoms with E-state index < -0.39 is 4.87 Å². The smallest absolute Gasteiger partial charge is 0.323 e. The Balaban J connectivity index is 1.55. The van der Waals surface area contributed by atoms with Gasteiger partial charge in [-0.15, -0.1) is 11.8 Å². The molecule has 1 unspecified atom stereocenters. The van der Waals surface area contributed by atoms with Crippen LogP contribution in [0.3, 0.4) is 0 Å². The number of carbonyl (C=O) groups is 2. The highest BCUT2D eigenvalue weighted by Gasteiger charge is 2.59. The van der Waals surface area contributed by atoms with Gasteiger partial charge in [-0.05, 0) is 54.1 Å². The number of fused-ring (bicyclic) bond motifs is 2. The fraction of sp³-hybridized carbons (Fsp3) is 0.192. The van der Waals surface area contributed by atoms with Crippen LogP contribution in [0.5, 0.6) is 5.75 Å². The van der Waals surface area contributed by atoms with Gasteiger partial charge in [0.1, 0.15) is 5.75 Å². The van der Waals surface area contributed by atoms with Crippen molar-refractivity contribution in [1.29, 1.82) is 5.26 Å². The Bertz CT molecular complexity index is 1370. The van der Waals surface area contributed by atoms with Gasteiger partial charge >= 0.3 is 6.03 Å². The lowest BCUT2D eigenvalue weighted by atomic mass is 10.1. The number of ether oxygens (including phenoxy) is 1. The van der Waals surface area contributed by atoms with Gasteiger partial charge in [-0.25, -0.2) is 4.79 Å². The first-order chi connectivity index (χ1) is 17.0. The monoisotopic (exact) mass is 504 g/mol. The Labute approximate surface area is 212 Å². The molecule has 0 aromatic heterocycles. The number of halogens is 1. The zero-order chi connectivity index (χ0) is 24.6. The van der Waals surface area contributed by atoms with E-state index in [1.807, 2.05) is 18.2 Å². The third kappa shape index (κ3) is 3.97. The summed E-state index contributed by atoms with van der Waals surface area (Å²) in [6, 6.07) is 21.3. The minimum Gasteiger partial charge on any atom is -0.497 e. The molecule has 0 saturated carbocycles. The number of anilines is 2. The van der Waals surface area contributed by atoms with E-state index in [-0.39, 0.29) is 18.5 Å². The average Bonchev–Trinajstić information content (AvgIpc) is 3.41. The number of urea groups is 1. The molecule has 1 atom stereocenters. The van der Waals surface area contributed by atoms with Crippen LogP contribution in [0.2, 0.25) is 5.02 Å². The first-order valence-corrected chi connectivity index (χ1v) is 12.3. The second kappa shape index (κ2) is 9.17. The summed E-state index contributed by atoms with van der Waals surface area (Å²) in [5.74, 6) is 1.00. The number of benzene rings is 3. The van der Waals surface area contributed by atoms with Gasteiger partial charge < -0.3 is 15.0 Å². The number of nitriles is 1. The first-order valence-electron chi connectivity index (χ1n) is 10.9. The molecule has 5 rings (SSSR count). The van der Waals surface area contributed by atoms with Crippen LogP contribution in [-0.2, 0) is 16.2 Å². The molecule has 3 amide bonds. The van der Waals surface area contributed by atoms with E-state index in [9.17, 15) is 14.9 Å². The summed E-state index contributed by atoms with van der Waals surface area (Å²) >= 11 is 7.52. The molecular weight excluding hydrogens is 484 g/mol. The highest BCUT2D eigenvalue weighted by atomic mass is 35.5. The van der Waals surface area contributed by atoms with E-state index in [2.05, 4.69) is 11.4 Å². The minimum absolute atomic E-state index is 0.202. The second-order valence-electron chi connectivity index (χ2n) is 8.17. The van der Waals surface area contributed by atoms with Gasteiger partial charge in [0.2, 0.25) is 0 Å². The van der Waals surface area contributed by atoms with Gasteiger partial charge in [-0.2, -0.15) is 5.26 Å². The van der Waals surface area contributed by atoms with E-state index in [4.69, 9.17) is 16.3 Å². The van der Waals surface area contributed by atoms with Crippen molar-refractivity contribution in [2.24, 2.45) is 0 Å². The summed E-state index contributed by atoms with van der Waals surface area (Å²) < 4.78 is 5.46. The molecule has 1 fully saturated rings. The number of hydrogen-bond acceptors (Lipinski definition) is 5. The molecule has 3 aromatic carbocycles. The van der Waals surface area contributed by atoms with E-state index in [1.54, 1.807) is 65.4 Å². The lowest BCUT2D eigenvalue weighted by Gasteiger charge is -2.33. The zero-order valence-corrected chi connectivity index (χ0v) is 20.4. The number of nitrogens with one attached hydrogen (secondary N) is 1. The van der Waals surface area contributed by atoms with Crippen molar-refractivity contribution in [3.05, 3.63) is 88.4 Å². The van der Waals surface area contributed by atoms with E-state index in [0.29, 0.717) is 45.6 Å². The van der Waals surface area contributed by atoms with E-state index >= 15 is 0 Å². The van der Waals surface area contributed by atoms with Gasteiger partial charge in [0.05, 0.1) is 31.0 Å². The molecule has 2 aliphatic rings. The third-order valence-corrected chi connectivity index (χ3v) is 7.77. The number of nitrogens with zero attached hydrogens (tertiary/aromatic N) is 3. The predicted octanol–water partition coefficient (Wildman–Crippen LogP) is 5.20. The topological polar surface area (TPSA) is 85.7 Å². The highest BCUT2D eigenvalue weighted by Crippen LogP contribution is 2.55. The van der Waals surface area contributed by atoms with Crippen molar-refractivity contribution >= 4 is 46.7 Å². The maximum absolute atomic E-state index is 14.1. The van der Waals surface area contributed by atoms with Crippen LogP contribution in [0.25, 0.3) is 0 Å². The SMILES string of the molecule is COc1ccc2c(c1)C1(SCCN1C(=O)Nc1cccc(Cl)c1)C(=O)N2Cc1cccc(C#N)c1. The van der Waals surface area contributed by atoms with Crippen LogP contribution in [0.4, 0.5) is 16.2 Å². The normalized spacial score (nSPS) is 18.5. The molecule has 2 aliphatic heterocycles. The molecule has 9 heteroatoms. The Morgan fingerprint density at radius 2 is 2.03 bits per heavy atom. The number of methoxy groups -OCH3 is 1. The van der Waals surface area contributed by atoms with E-state index in [1.165, 1.54) is 11.8 Å². The zero-order valence-electron chi connectivity index (χ0n) is 18.8. The van der Waals surface area contributed by atoms with Crippen molar-refractivity contribution in [1.82, 2.24) is 4.90 Å². The average molecular weight is 505 g/mol. The molecule has 1 saturated heterocycles. The van der Waals surface area contributed by atoms with Crippen LogP contribution in [0.1, 0.15) is 16.7 Å². The molecule has 1 N–H and O–H groups in total. The molecule has 0 bridgehead atoms. The lowest BCUT2D eigenvalue weighted by Crippen LogP contribution is -2.51. The summed E-state index contributed by atoms with van der Waals surface area (Å²) in [5.41, 5.74) is 3.33. The fourth-order valence-corrected chi connectivity index (χ4v) is 6.20. The summed E-state index contributed by atoms with van der Waals surface area (Å²) in [6.07, 6.45) is 0. The molecule has 0 aliphatic carbocycles. The molecule has 176 valence electrons. The predicted molar refractivity (Wildman–Crippen MR) is 137 cm³/mol. The summed E-state index contributed by atoms with van der Waals surface area (Å²) in [5, 5.41) is 12.7. The van der Waals surface area contributed by atoms with Gasteiger partial charge in [0, 0.05) is 28.6 Å². The third-order valence-electron chi connectivity index (χ3n) is 6.12. The largest absolute Gasteiger partial charge is 0.497 e. The second-order valence-corrected chi connectivity index (χ2v) is 9.90. The minimum atomic E-state index is -1.22. The molecule has 35 heavy (non-hydrogen) atoms.